The molecule has 0 aromatic rings. The van der Waals surface area contributed by atoms with Crippen molar-refractivity contribution in [3.05, 3.63) is 0 Å². The first kappa shape index (κ1) is 15.3. The van der Waals surface area contributed by atoms with Gasteiger partial charge in [0.25, 0.3) is 0 Å². The third-order valence-corrected chi connectivity index (χ3v) is 5.19. The van der Waals surface area contributed by atoms with Gasteiger partial charge in [-0.3, -0.25) is 4.90 Å². The zero-order chi connectivity index (χ0) is 13.9. The lowest BCUT2D eigenvalue weighted by atomic mass is 9.70. The summed E-state index contributed by atoms with van der Waals surface area (Å²) in [6.07, 6.45) is 5.47. The zero-order valence-corrected chi connectivity index (χ0v) is 13.4. The highest BCUT2D eigenvalue weighted by molar-refractivity contribution is 4.98. The standard InChI is InChI=1S/C16H33N3/c1-5-17-15-14(8-6-9-16(15,2)3)19-11-7-10-18(4)12-13-19/h14-15,17H,5-13H2,1-4H3. The molecule has 1 aliphatic heterocycles. The van der Waals surface area contributed by atoms with Gasteiger partial charge in [-0.15, -0.1) is 0 Å². The molecule has 1 saturated carbocycles. The molecule has 2 aliphatic rings. The highest BCUT2D eigenvalue weighted by Crippen LogP contribution is 2.38. The molecular formula is C16H33N3. The van der Waals surface area contributed by atoms with Crippen molar-refractivity contribution in [2.45, 2.75) is 58.5 Å². The molecule has 2 atom stereocenters. The van der Waals surface area contributed by atoms with Gasteiger partial charge in [-0.25, -0.2) is 0 Å². The average Bonchev–Trinajstić information content (AvgIpc) is 2.57. The molecule has 1 saturated heterocycles. The van der Waals surface area contributed by atoms with E-state index in [9.17, 15) is 0 Å². The summed E-state index contributed by atoms with van der Waals surface area (Å²) in [5.41, 5.74) is 0.442. The van der Waals surface area contributed by atoms with Crippen LogP contribution < -0.4 is 5.32 Å². The number of likely N-dealkylation sites (N-methyl/N-ethyl adjacent to an activating group) is 2. The number of hydrogen-bond donors (Lipinski definition) is 1. The molecule has 3 heteroatoms. The molecule has 2 rings (SSSR count). The quantitative estimate of drug-likeness (QED) is 0.845. The van der Waals surface area contributed by atoms with Crippen LogP contribution in [-0.4, -0.2) is 61.7 Å². The summed E-state index contributed by atoms with van der Waals surface area (Å²) in [7, 11) is 2.26. The summed E-state index contributed by atoms with van der Waals surface area (Å²) < 4.78 is 0. The van der Waals surface area contributed by atoms with Crippen LogP contribution in [0.1, 0.15) is 46.5 Å². The second-order valence-electron chi connectivity index (χ2n) is 7.18. The molecule has 0 bridgehead atoms. The van der Waals surface area contributed by atoms with Crippen LogP contribution in [0.5, 0.6) is 0 Å². The minimum Gasteiger partial charge on any atom is -0.312 e. The maximum Gasteiger partial charge on any atom is 0.0274 e. The van der Waals surface area contributed by atoms with Crippen molar-refractivity contribution < 1.29 is 0 Å². The minimum absolute atomic E-state index is 0.442. The predicted octanol–water partition coefficient (Wildman–Crippen LogP) is 2.18. The second kappa shape index (κ2) is 6.55. The zero-order valence-electron chi connectivity index (χ0n) is 13.4. The number of hydrogen-bond acceptors (Lipinski definition) is 3. The van der Waals surface area contributed by atoms with E-state index < -0.39 is 0 Å². The second-order valence-corrected chi connectivity index (χ2v) is 7.18. The molecule has 2 unspecified atom stereocenters. The van der Waals surface area contributed by atoms with E-state index in [1.165, 1.54) is 51.9 Å². The Labute approximate surface area is 119 Å². The van der Waals surface area contributed by atoms with Gasteiger partial charge < -0.3 is 10.2 Å². The predicted molar refractivity (Wildman–Crippen MR) is 82.6 cm³/mol. The van der Waals surface area contributed by atoms with Gasteiger partial charge in [-0.2, -0.15) is 0 Å². The summed E-state index contributed by atoms with van der Waals surface area (Å²) in [4.78, 5) is 5.26. The molecular weight excluding hydrogens is 234 g/mol. The third kappa shape index (κ3) is 3.71. The molecule has 0 aromatic heterocycles. The summed E-state index contributed by atoms with van der Waals surface area (Å²) in [5.74, 6) is 0. The van der Waals surface area contributed by atoms with E-state index in [0.717, 1.165) is 12.6 Å². The van der Waals surface area contributed by atoms with Gasteiger partial charge in [-0.1, -0.05) is 27.2 Å². The van der Waals surface area contributed by atoms with Crippen molar-refractivity contribution in [1.29, 1.82) is 0 Å². The third-order valence-electron chi connectivity index (χ3n) is 5.19. The molecule has 2 fully saturated rings. The Hall–Kier alpha value is -0.120. The maximum absolute atomic E-state index is 3.80. The van der Waals surface area contributed by atoms with E-state index in [2.05, 4.69) is 42.9 Å². The Morgan fingerprint density at radius 2 is 1.89 bits per heavy atom. The molecule has 1 heterocycles. The summed E-state index contributed by atoms with van der Waals surface area (Å²) in [5, 5.41) is 3.80. The smallest absolute Gasteiger partial charge is 0.0274 e. The van der Waals surface area contributed by atoms with E-state index in [0.29, 0.717) is 11.5 Å². The summed E-state index contributed by atoms with van der Waals surface area (Å²) >= 11 is 0. The topological polar surface area (TPSA) is 18.5 Å². The monoisotopic (exact) mass is 267 g/mol. The van der Waals surface area contributed by atoms with Crippen LogP contribution in [-0.2, 0) is 0 Å². The van der Waals surface area contributed by atoms with E-state index in [4.69, 9.17) is 0 Å². The van der Waals surface area contributed by atoms with Crippen LogP contribution >= 0.6 is 0 Å². The van der Waals surface area contributed by atoms with Gasteiger partial charge in [0.1, 0.15) is 0 Å². The fourth-order valence-electron chi connectivity index (χ4n) is 4.03. The van der Waals surface area contributed by atoms with E-state index in [1.54, 1.807) is 0 Å². The lowest BCUT2D eigenvalue weighted by Crippen LogP contribution is -2.59. The van der Waals surface area contributed by atoms with Gasteiger partial charge in [-0.05, 0) is 51.4 Å². The normalized spacial score (nSPS) is 34.1. The van der Waals surface area contributed by atoms with Crippen molar-refractivity contribution in [2.75, 3.05) is 39.8 Å². The molecule has 0 aromatic carbocycles. The fourth-order valence-corrected chi connectivity index (χ4v) is 4.03. The summed E-state index contributed by atoms with van der Waals surface area (Å²) in [6, 6.07) is 1.41. The van der Waals surface area contributed by atoms with Crippen LogP contribution in [0, 0.1) is 5.41 Å². The van der Waals surface area contributed by atoms with Crippen molar-refractivity contribution in [3.8, 4) is 0 Å². The highest BCUT2D eigenvalue weighted by atomic mass is 15.2. The number of rotatable bonds is 3. The first-order valence-electron chi connectivity index (χ1n) is 8.20. The van der Waals surface area contributed by atoms with Crippen molar-refractivity contribution in [1.82, 2.24) is 15.1 Å². The molecule has 112 valence electrons. The SMILES string of the molecule is CCNC1C(N2CCCN(C)CC2)CCCC1(C)C. The average molecular weight is 267 g/mol. The largest absolute Gasteiger partial charge is 0.312 e. The number of nitrogens with zero attached hydrogens (tertiary/aromatic N) is 2. The molecule has 1 N–H and O–H groups in total. The number of nitrogens with one attached hydrogen (secondary N) is 1. The van der Waals surface area contributed by atoms with Crippen molar-refractivity contribution in [3.63, 3.8) is 0 Å². The molecule has 0 radical (unpaired) electrons. The summed E-state index contributed by atoms with van der Waals surface area (Å²) in [6.45, 7) is 13.3. The highest BCUT2D eigenvalue weighted by Gasteiger charge is 2.40. The molecule has 3 nitrogen and oxygen atoms in total. The van der Waals surface area contributed by atoms with E-state index >= 15 is 0 Å². The lowest BCUT2D eigenvalue weighted by molar-refractivity contribution is 0.0514. The van der Waals surface area contributed by atoms with Gasteiger partial charge in [0.05, 0.1) is 0 Å². The van der Waals surface area contributed by atoms with Crippen LogP contribution in [0.2, 0.25) is 0 Å². The Morgan fingerprint density at radius 1 is 1.11 bits per heavy atom. The fraction of sp³-hybridized carbons (Fsp3) is 1.00. The van der Waals surface area contributed by atoms with Crippen molar-refractivity contribution >= 4 is 0 Å². The molecule has 0 amide bonds. The molecule has 19 heavy (non-hydrogen) atoms. The lowest BCUT2D eigenvalue weighted by Gasteiger charge is -2.48. The Morgan fingerprint density at radius 3 is 2.63 bits per heavy atom. The first-order chi connectivity index (χ1) is 9.04. The van der Waals surface area contributed by atoms with Crippen LogP contribution in [0.3, 0.4) is 0 Å². The van der Waals surface area contributed by atoms with E-state index in [-0.39, 0.29) is 0 Å². The first-order valence-corrected chi connectivity index (χ1v) is 8.20. The van der Waals surface area contributed by atoms with Crippen LogP contribution in [0.25, 0.3) is 0 Å². The molecule has 0 spiro atoms. The van der Waals surface area contributed by atoms with Crippen molar-refractivity contribution in [2.24, 2.45) is 5.41 Å². The van der Waals surface area contributed by atoms with Crippen LogP contribution in [0.15, 0.2) is 0 Å². The Bertz CT molecular complexity index is 277. The minimum atomic E-state index is 0.442. The van der Waals surface area contributed by atoms with Gasteiger partial charge in [0.15, 0.2) is 0 Å². The Balaban J connectivity index is 2.06. The van der Waals surface area contributed by atoms with Gasteiger partial charge >= 0.3 is 0 Å². The van der Waals surface area contributed by atoms with Gasteiger partial charge in [0, 0.05) is 25.2 Å². The van der Waals surface area contributed by atoms with Gasteiger partial charge in [0.2, 0.25) is 0 Å². The molecule has 1 aliphatic carbocycles. The Kier molecular flexibility index (Phi) is 5.27. The maximum atomic E-state index is 3.80. The van der Waals surface area contributed by atoms with Crippen LogP contribution in [0.4, 0.5) is 0 Å². The van der Waals surface area contributed by atoms with E-state index in [1.807, 2.05) is 0 Å².